The van der Waals surface area contributed by atoms with Gasteiger partial charge in [0.25, 0.3) is 5.91 Å². The number of benzene rings is 1. The van der Waals surface area contributed by atoms with E-state index in [1.807, 2.05) is 36.0 Å². The molecule has 1 amide bonds. The maximum Gasteiger partial charge on any atom is 0.251 e. The highest BCUT2D eigenvalue weighted by Gasteiger charge is 2.28. The monoisotopic (exact) mass is 293 g/mol. The molecule has 1 saturated carbocycles. The van der Waals surface area contributed by atoms with Crippen LogP contribution in [0.3, 0.4) is 0 Å². The Kier molecular flexibility index (Phi) is 5.92. The molecule has 1 aliphatic carbocycles. The minimum atomic E-state index is 0.0440. The lowest BCUT2D eigenvalue weighted by Crippen LogP contribution is -2.38. The molecule has 20 heavy (non-hydrogen) atoms. The topological polar surface area (TPSA) is 38.3 Å². The Morgan fingerprint density at radius 2 is 2.10 bits per heavy atom. The molecule has 1 N–H and O–H groups in total. The third-order valence-electron chi connectivity index (χ3n) is 3.68. The van der Waals surface area contributed by atoms with Crippen molar-refractivity contribution < 1.29 is 9.53 Å². The molecule has 1 aromatic carbocycles. The molecule has 0 radical (unpaired) electrons. The Hall–Kier alpha value is -1.00. The highest BCUT2D eigenvalue weighted by Crippen LogP contribution is 2.30. The molecule has 2 rings (SSSR count). The Morgan fingerprint density at radius 3 is 2.75 bits per heavy atom. The van der Waals surface area contributed by atoms with Crippen LogP contribution < -0.4 is 5.32 Å². The van der Waals surface area contributed by atoms with Gasteiger partial charge in [-0.3, -0.25) is 4.79 Å². The van der Waals surface area contributed by atoms with Crippen LogP contribution in [0.25, 0.3) is 0 Å². The van der Waals surface area contributed by atoms with Crippen LogP contribution in [0.1, 0.15) is 42.1 Å². The van der Waals surface area contributed by atoms with E-state index in [1.54, 1.807) is 7.11 Å². The second-order valence-electron chi connectivity index (χ2n) is 5.13. The first-order chi connectivity index (χ1) is 9.74. The molecule has 0 spiro atoms. The molecular weight excluding hydrogens is 270 g/mol. The predicted octanol–water partition coefficient (Wildman–Crippen LogP) is 3.24. The Bertz CT molecular complexity index is 433. The molecule has 1 fully saturated rings. The molecule has 0 aromatic heterocycles. The van der Waals surface area contributed by atoms with Crippen molar-refractivity contribution in [2.75, 3.05) is 12.9 Å². The number of methoxy groups -OCH3 is 1. The van der Waals surface area contributed by atoms with Crippen molar-refractivity contribution in [3.63, 3.8) is 0 Å². The summed E-state index contributed by atoms with van der Waals surface area (Å²) in [6.07, 6.45) is 3.54. The molecule has 0 aliphatic heterocycles. The van der Waals surface area contributed by atoms with Crippen molar-refractivity contribution >= 4 is 17.7 Å². The fourth-order valence-corrected chi connectivity index (χ4v) is 3.87. The lowest BCUT2D eigenvalue weighted by atomic mass is 10.1. The second-order valence-corrected chi connectivity index (χ2v) is 6.65. The number of rotatable bonds is 6. The van der Waals surface area contributed by atoms with Gasteiger partial charge in [-0.05, 0) is 36.3 Å². The second kappa shape index (κ2) is 7.70. The number of ether oxygens (including phenoxy) is 1. The number of carbonyl (C=O) groups is 1. The van der Waals surface area contributed by atoms with Gasteiger partial charge in [0.1, 0.15) is 0 Å². The number of hydrogen-bond acceptors (Lipinski definition) is 3. The summed E-state index contributed by atoms with van der Waals surface area (Å²) in [5.41, 5.74) is 1.82. The first-order valence-corrected chi connectivity index (χ1v) is 8.29. The predicted molar refractivity (Wildman–Crippen MR) is 84.2 cm³/mol. The zero-order chi connectivity index (χ0) is 14.4. The largest absolute Gasteiger partial charge is 0.380 e. The maximum atomic E-state index is 12.3. The molecule has 4 heteroatoms. The SMILES string of the molecule is CCSC1CCCC1NC(=O)c1ccc(COC)cc1. The summed E-state index contributed by atoms with van der Waals surface area (Å²) in [6, 6.07) is 7.98. The van der Waals surface area contributed by atoms with Crippen molar-refractivity contribution in [2.45, 2.75) is 44.1 Å². The molecule has 0 heterocycles. The van der Waals surface area contributed by atoms with Gasteiger partial charge in [-0.2, -0.15) is 11.8 Å². The lowest BCUT2D eigenvalue weighted by molar-refractivity contribution is 0.0938. The molecule has 110 valence electrons. The third-order valence-corrected chi connectivity index (χ3v) is 5.00. The first kappa shape index (κ1) is 15.4. The maximum absolute atomic E-state index is 12.3. The van der Waals surface area contributed by atoms with Crippen LogP contribution in [0, 0.1) is 0 Å². The minimum absolute atomic E-state index is 0.0440. The summed E-state index contributed by atoms with van der Waals surface area (Å²) >= 11 is 1.96. The number of hydrogen-bond donors (Lipinski definition) is 1. The zero-order valence-corrected chi connectivity index (χ0v) is 13.0. The van der Waals surface area contributed by atoms with E-state index in [1.165, 1.54) is 12.8 Å². The van der Waals surface area contributed by atoms with E-state index < -0.39 is 0 Å². The Balaban J connectivity index is 1.93. The van der Waals surface area contributed by atoms with Crippen molar-refractivity contribution in [3.05, 3.63) is 35.4 Å². The van der Waals surface area contributed by atoms with Crippen LogP contribution in [0.15, 0.2) is 24.3 Å². The van der Waals surface area contributed by atoms with Crippen LogP contribution in [0.2, 0.25) is 0 Å². The van der Waals surface area contributed by atoms with Gasteiger partial charge in [-0.1, -0.05) is 25.5 Å². The minimum Gasteiger partial charge on any atom is -0.380 e. The van der Waals surface area contributed by atoms with Gasteiger partial charge < -0.3 is 10.1 Å². The van der Waals surface area contributed by atoms with Gasteiger partial charge in [0.2, 0.25) is 0 Å². The smallest absolute Gasteiger partial charge is 0.251 e. The number of amides is 1. The molecule has 1 aromatic rings. The third kappa shape index (κ3) is 4.00. The number of nitrogens with one attached hydrogen (secondary N) is 1. The van der Waals surface area contributed by atoms with E-state index in [4.69, 9.17) is 4.74 Å². The van der Waals surface area contributed by atoms with Crippen molar-refractivity contribution in [2.24, 2.45) is 0 Å². The van der Waals surface area contributed by atoms with Crippen LogP contribution in [0.5, 0.6) is 0 Å². The van der Waals surface area contributed by atoms with E-state index in [-0.39, 0.29) is 5.91 Å². The first-order valence-electron chi connectivity index (χ1n) is 7.25. The molecule has 2 atom stereocenters. The van der Waals surface area contributed by atoms with Gasteiger partial charge in [-0.15, -0.1) is 0 Å². The fourth-order valence-electron chi connectivity index (χ4n) is 2.68. The van der Waals surface area contributed by atoms with Gasteiger partial charge in [0.15, 0.2) is 0 Å². The van der Waals surface area contributed by atoms with Crippen LogP contribution >= 0.6 is 11.8 Å². The van der Waals surface area contributed by atoms with Crippen LogP contribution in [-0.2, 0) is 11.3 Å². The highest BCUT2D eigenvalue weighted by molar-refractivity contribution is 7.99. The summed E-state index contributed by atoms with van der Waals surface area (Å²) in [6.45, 7) is 2.76. The number of thioether (sulfide) groups is 1. The summed E-state index contributed by atoms with van der Waals surface area (Å²) in [7, 11) is 1.67. The highest BCUT2D eigenvalue weighted by atomic mass is 32.2. The number of carbonyl (C=O) groups excluding carboxylic acids is 1. The summed E-state index contributed by atoms with van der Waals surface area (Å²) < 4.78 is 5.07. The van der Waals surface area contributed by atoms with Crippen LogP contribution in [-0.4, -0.2) is 30.1 Å². The average molecular weight is 293 g/mol. The molecule has 3 nitrogen and oxygen atoms in total. The lowest BCUT2D eigenvalue weighted by Gasteiger charge is -2.20. The summed E-state index contributed by atoms with van der Waals surface area (Å²) in [4.78, 5) is 12.3. The van der Waals surface area contributed by atoms with Crippen molar-refractivity contribution in [1.29, 1.82) is 0 Å². The van der Waals surface area contributed by atoms with Gasteiger partial charge in [0.05, 0.1) is 6.61 Å². The van der Waals surface area contributed by atoms with Gasteiger partial charge in [-0.25, -0.2) is 0 Å². The summed E-state index contributed by atoms with van der Waals surface area (Å²) in [5.74, 6) is 1.16. The standard InChI is InChI=1S/C16H23NO2S/c1-3-20-15-6-4-5-14(15)17-16(18)13-9-7-12(8-10-13)11-19-2/h7-10,14-15H,3-6,11H2,1-2H3,(H,17,18). The van der Waals surface area contributed by atoms with E-state index >= 15 is 0 Å². The van der Waals surface area contributed by atoms with Gasteiger partial charge >= 0.3 is 0 Å². The van der Waals surface area contributed by atoms with E-state index in [0.717, 1.165) is 23.3 Å². The van der Waals surface area contributed by atoms with Crippen molar-refractivity contribution in [1.82, 2.24) is 5.32 Å². The summed E-state index contributed by atoms with van der Waals surface area (Å²) in [5, 5.41) is 3.77. The molecule has 0 bridgehead atoms. The van der Waals surface area contributed by atoms with E-state index in [9.17, 15) is 4.79 Å². The van der Waals surface area contributed by atoms with Crippen molar-refractivity contribution in [3.8, 4) is 0 Å². The Labute approximate surface area is 125 Å². The zero-order valence-electron chi connectivity index (χ0n) is 12.2. The van der Waals surface area contributed by atoms with E-state index in [2.05, 4.69) is 12.2 Å². The van der Waals surface area contributed by atoms with Gasteiger partial charge in [0, 0.05) is 24.0 Å². The fraction of sp³-hybridized carbons (Fsp3) is 0.562. The normalized spacial score (nSPS) is 21.9. The quantitative estimate of drug-likeness (QED) is 0.875. The molecule has 1 aliphatic rings. The molecular formula is C16H23NO2S. The Morgan fingerprint density at radius 1 is 1.35 bits per heavy atom. The molecule has 0 saturated heterocycles. The van der Waals surface area contributed by atoms with Crippen LogP contribution in [0.4, 0.5) is 0 Å². The average Bonchev–Trinajstić information content (AvgIpc) is 2.88. The molecule has 2 unspecified atom stereocenters. The van der Waals surface area contributed by atoms with E-state index in [0.29, 0.717) is 17.9 Å².